The second kappa shape index (κ2) is 8.29. The first kappa shape index (κ1) is 18.5. The van der Waals surface area contributed by atoms with E-state index in [0.29, 0.717) is 5.89 Å². The van der Waals surface area contributed by atoms with Gasteiger partial charge in [-0.1, -0.05) is 23.9 Å². The molecule has 1 heterocycles. The topological polar surface area (TPSA) is 97.1 Å². The van der Waals surface area contributed by atoms with Crippen molar-refractivity contribution in [2.24, 2.45) is 0 Å². The third-order valence-corrected chi connectivity index (χ3v) is 4.44. The maximum absolute atomic E-state index is 12.0. The molecule has 3 amide bonds. The Morgan fingerprint density at radius 3 is 2.58 bits per heavy atom. The van der Waals surface area contributed by atoms with E-state index in [-0.39, 0.29) is 11.3 Å². The van der Waals surface area contributed by atoms with Crippen molar-refractivity contribution >= 4 is 39.6 Å². The van der Waals surface area contributed by atoms with Crippen LogP contribution in [0, 0.1) is 0 Å². The van der Waals surface area contributed by atoms with Crippen LogP contribution in [-0.2, 0) is 4.79 Å². The number of halogens is 1. The van der Waals surface area contributed by atoms with Gasteiger partial charge in [0, 0.05) is 10.5 Å². The van der Waals surface area contributed by atoms with Crippen LogP contribution in [0.1, 0.15) is 20.8 Å². The fourth-order valence-corrected chi connectivity index (χ4v) is 2.86. The number of hydrogen-bond acceptors (Lipinski definition) is 6. The molecule has 0 bridgehead atoms. The van der Waals surface area contributed by atoms with Gasteiger partial charge in [-0.15, -0.1) is 10.2 Å². The normalized spacial score (nSPS) is 12.0. The number of benzene rings is 1. The minimum absolute atomic E-state index is 0.0522. The van der Waals surface area contributed by atoms with Gasteiger partial charge in [-0.2, -0.15) is 0 Å². The molecule has 2 aromatic rings. The van der Waals surface area contributed by atoms with Crippen molar-refractivity contribution in [3.05, 3.63) is 28.7 Å². The Kier molecular flexibility index (Phi) is 6.38. The lowest BCUT2D eigenvalue weighted by Gasteiger charge is -2.11. The van der Waals surface area contributed by atoms with Crippen molar-refractivity contribution in [1.29, 1.82) is 0 Å². The van der Waals surface area contributed by atoms with Gasteiger partial charge in [-0.25, -0.2) is 4.79 Å². The standard InChI is InChI=1S/C15H17BrN4O3S/c1-8(2)17-14(22)18-12(21)9(3)24-15-20-19-13(23-15)10-6-4-5-7-11(10)16/h4-9H,1-3H3,(H2,17,18,21,22)/t9-/m1/s1. The van der Waals surface area contributed by atoms with Gasteiger partial charge in [0.2, 0.25) is 11.8 Å². The molecule has 0 fully saturated rings. The monoisotopic (exact) mass is 412 g/mol. The van der Waals surface area contributed by atoms with Crippen LogP contribution >= 0.6 is 27.7 Å². The first-order valence-electron chi connectivity index (χ1n) is 7.23. The highest BCUT2D eigenvalue weighted by Gasteiger charge is 2.21. The van der Waals surface area contributed by atoms with E-state index in [1.165, 1.54) is 0 Å². The maximum Gasteiger partial charge on any atom is 0.321 e. The van der Waals surface area contributed by atoms with Crippen LogP contribution in [-0.4, -0.2) is 33.4 Å². The number of thioether (sulfide) groups is 1. The molecule has 0 saturated carbocycles. The Morgan fingerprint density at radius 2 is 1.92 bits per heavy atom. The average Bonchev–Trinajstić information content (AvgIpc) is 2.94. The predicted molar refractivity (Wildman–Crippen MR) is 94.6 cm³/mol. The number of nitrogens with zero attached hydrogens (tertiary/aromatic N) is 2. The molecular formula is C15H17BrN4O3S. The first-order valence-corrected chi connectivity index (χ1v) is 8.90. The molecule has 1 aromatic carbocycles. The molecule has 7 nitrogen and oxygen atoms in total. The van der Waals surface area contributed by atoms with Crippen LogP contribution < -0.4 is 10.6 Å². The van der Waals surface area contributed by atoms with Crippen molar-refractivity contribution in [2.45, 2.75) is 37.3 Å². The zero-order chi connectivity index (χ0) is 17.7. The van der Waals surface area contributed by atoms with Crippen LogP contribution in [0.5, 0.6) is 0 Å². The molecule has 128 valence electrons. The fourth-order valence-electron chi connectivity index (χ4n) is 1.72. The fraction of sp³-hybridized carbons (Fsp3) is 0.333. The third kappa shape index (κ3) is 5.07. The summed E-state index contributed by atoms with van der Waals surface area (Å²) >= 11 is 4.51. The Bertz CT molecular complexity index is 735. The van der Waals surface area contributed by atoms with E-state index in [2.05, 4.69) is 36.8 Å². The van der Waals surface area contributed by atoms with Gasteiger partial charge >= 0.3 is 6.03 Å². The van der Waals surface area contributed by atoms with Gasteiger partial charge in [-0.05, 0) is 48.8 Å². The molecule has 2 N–H and O–H groups in total. The van der Waals surface area contributed by atoms with Gasteiger partial charge in [0.15, 0.2) is 0 Å². The Labute approximate surface area is 152 Å². The van der Waals surface area contributed by atoms with Crippen molar-refractivity contribution in [3.8, 4) is 11.5 Å². The molecule has 9 heteroatoms. The predicted octanol–water partition coefficient (Wildman–Crippen LogP) is 3.21. The van der Waals surface area contributed by atoms with E-state index in [0.717, 1.165) is 21.8 Å². The third-order valence-electron chi connectivity index (χ3n) is 2.81. The zero-order valence-electron chi connectivity index (χ0n) is 13.4. The second-order valence-electron chi connectivity index (χ2n) is 5.23. The molecule has 0 radical (unpaired) electrons. The van der Waals surface area contributed by atoms with Crippen molar-refractivity contribution in [3.63, 3.8) is 0 Å². The van der Waals surface area contributed by atoms with E-state index >= 15 is 0 Å². The van der Waals surface area contributed by atoms with Gasteiger partial charge in [0.1, 0.15) is 0 Å². The highest BCUT2D eigenvalue weighted by atomic mass is 79.9. The number of urea groups is 1. The van der Waals surface area contributed by atoms with Gasteiger partial charge in [0.05, 0.1) is 10.8 Å². The molecule has 0 aliphatic heterocycles. The number of rotatable bonds is 5. The van der Waals surface area contributed by atoms with Crippen molar-refractivity contribution < 1.29 is 14.0 Å². The zero-order valence-corrected chi connectivity index (χ0v) is 15.8. The quantitative estimate of drug-likeness (QED) is 0.731. The van der Waals surface area contributed by atoms with Crippen LogP contribution in [0.25, 0.3) is 11.5 Å². The summed E-state index contributed by atoms with van der Waals surface area (Å²) in [6, 6.07) is 6.88. The van der Waals surface area contributed by atoms with Crippen LogP contribution in [0.4, 0.5) is 4.79 Å². The Balaban J connectivity index is 1.98. The van der Waals surface area contributed by atoms with E-state index in [1.807, 2.05) is 38.1 Å². The molecule has 0 saturated heterocycles. The summed E-state index contributed by atoms with van der Waals surface area (Å²) in [6.07, 6.45) is 0. The second-order valence-corrected chi connectivity index (χ2v) is 7.38. The molecule has 24 heavy (non-hydrogen) atoms. The number of imide groups is 1. The molecular weight excluding hydrogens is 396 g/mol. The SMILES string of the molecule is CC(C)NC(=O)NC(=O)[C@@H](C)Sc1nnc(-c2ccccc2Br)o1. The summed E-state index contributed by atoms with van der Waals surface area (Å²) in [6.45, 7) is 5.28. The van der Waals surface area contributed by atoms with Crippen molar-refractivity contribution in [1.82, 2.24) is 20.8 Å². The van der Waals surface area contributed by atoms with Crippen LogP contribution in [0.15, 0.2) is 38.4 Å². The van der Waals surface area contributed by atoms with Gasteiger partial charge in [0.25, 0.3) is 5.22 Å². The van der Waals surface area contributed by atoms with Gasteiger partial charge < -0.3 is 9.73 Å². The molecule has 2 rings (SSSR count). The summed E-state index contributed by atoms with van der Waals surface area (Å²) in [5.74, 6) is -0.0751. The highest BCUT2D eigenvalue weighted by molar-refractivity contribution is 9.10. The summed E-state index contributed by atoms with van der Waals surface area (Å²) in [5.41, 5.74) is 0.769. The van der Waals surface area contributed by atoms with E-state index < -0.39 is 17.2 Å². The molecule has 0 unspecified atom stereocenters. The Morgan fingerprint density at radius 1 is 1.21 bits per heavy atom. The van der Waals surface area contributed by atoms with E-state index in [4.69, 9.17) is 4.42 Å². The molecule has 1 aromatic heterocycles. The van der Waals surface area contributed by atoms with Gasteiger partial charge in [-0.3, -0.25) is 10.1 Å². The number of amides is 3. The first-order chi connectivity index (χ1) is 11.4. The molecule has 0 spiro atoms. The minimum Gasteiger partial charge on any atom is -0.411 e. The Hall–Kier alpha value is -1.87. The lowest BCUT2D eigenvalue weighted by Crippen LogP contribution is -2.45. The summed E-state index contributed by atoms with van der Waals surface area (Å²) in [7, 11) is 0. The summed E-state index contributed by atoms with van der Waals surface area (Å²) in [5, 5.41) is 12.5. The van der Waals surface area contributed by atoms with Crippen LogP contribution in [0.3, 0.4) is 0 Å². The van der Waals surface area contributed by atoms with Crippen LogP contribution in [0.2, 0.25) is 0 Å². The molecule has 0 aliphatic carbocycles. The summed E-state index contributed by atoms with van der Waals surface area (Å²) < 4.78 is 6.41. The number of carbonyl (C=O) groups is 2. The lowest BCUT2D eigenvalue weighted by molar-refractivity contribution is -0.119. The molecule has 1 atom stereocenters. The number of aromatic nitrogens is 2. The van der Waals surface area contributed by atoms with E-state index in [9.17, 15) is 9.59 Å². The lowest BCUT2D eigenvalue weighted by atomic mass is 10.2. The number of carbonyl (C=O) groups excluding carboxylic acids is 2. The maximum atomic E-state index is 12.0. The smallest absolute Gasteiger partial charge is 0.321 e. The molecule has 0 aliphatic rings. The number of nitrogens with one attached hydrogen (secondary N) is 2. The van der Waals surface area contributed by atoms with Crippen molar-refractivity contribution in [2.75, 3.05) is 0 Å². The number of hydrogen-bond donors (Lipinski definition) is 2. The largest absolute Gasteiger partial charge is 0.411 e. The summed E-state index contributed by atoms with van der Waals surface area (Å²) in [4.78, 5) is 23.5. The van der Waals surface area contributed by atoms with E-state index in [1.54, 1.807) is 6.92 Å². The highest BCUT2D eigenvalue weighted by Crippen LogP contribution is 2.30. The average molecular weight is 413 g/mol. The minimum atomic E-state index is -0.560.